The van der Waals surface area contributed by atoms with Crippen molar-refractivity contribution in [3.63, 3.8) is 0 Å². The quantitative estimate of drug-likeness (QED) is 0.302. The maximum Gasteiger partial charge on any atom is 0.387 e. The number of para-hydroxylation sites is 1. The molecule has 0 fully saturated rings. The standard InChI is InChI=1S/C25H19F2N5O4S/c1-35-17-12-8-16(9-13-17)31-22(34)19-4-2-3-5-20(19)32-24(31)29-30-25(32)37-14-21(33)28-15-6-10-18(11-7-15)36-23(26)27/h2-13,23H,14H2,1H3,(H,28,33). The third-order valence-electron chi connectivity index (χ3n) is 5.42. The molecule has 0 aliphatic carbocycles. The van der Waals surface area contributed by atoms with Gasteiger partial charge in [-0.3, -0.25) is 14.0 Å². The van der Waals surface area contributed by atoms with Crippen molar-refractivity contribution in [2.75, 3.05) is 18.2 Å². The lowest BCUT2D eigenvalue weighted by Crippen LogP contribution is -2.22. The summed E-state index contributed by atoms with van der Waals surface area (Å²) in [7, 11) is 1.56. The van der Waals surface area contributed by atoms with Gasteiger partial charge < -0.3 is 14.8 Å². The van der Waals surface area contributed by atoms with Crippen molar-refractivity contribution in [2.24, 2.45) is 0 Å². The van der Waals surface area contributed by atoms with Crippen LogP contribution in [0.4, 0.5) is 14.5 Å². The Kier molecular flexibility index (Phi) is 6.73. The monoisotopic (exact) mass is 523 g/mol. The Labute approximate surface area is 212 Å². The predicted molar refractivity (Wildman–Crippen MR) is 135 cm³/mol. The largest absolute Gasteiger partial charge is 0.497 e. The molecule has 1 amide bonds. The summed E-state index contributed by atoms with van der Waals surface area (Å²) >= 11 is 1.14. The Bertz CT molecular complexity index is 1640. The molecular formula is C25H19F2N5O4S. The number of nitrogens with zero attached hydrogens (tertiary/aromatic N) is 4. The molecule has 5 aromatic rings. The number of rotatable bonds is 8. The number of thioether (sulfide) groups is 1. The minimum absolute atomic E-state index is 0.00733. The molecule has 0 unspecified atom stereocenters. The van der Waals surface area contributed by atoms with Crippen LogP contribution in [0.25, 0.3) is 22.4 Å². The summed E-state index contributed by atoms with van der Waals surface area (Å²) in [5.41, 5.74) is 1.36. The Morgan fingerprint density at radius 2 is 1.70 bits per heavy atom. The molecule has 0 atom stereocenters. The number of benzene rings is 3. The molecule has 0 aliphatic heterocycles. The van der Waals surface area contributed by atoms with E-state index >= 15 is 0 Å². The molecule has 1 N–H and O–H groups in total. The Morgan fingerprint density at radius 1 is 1.00 bits per heavy atom. The number of anilines is 1. The molecule has 0 bridgehead atoms. The van der Waals surface area contributed by atoms with Gasteiger partial charge >= 0.3 is 6.61 Å². The molecule has 0 radical (unpaired) electrons. The summed E-state index contributed by atoms with van der Waals surface area (Å²) in [6, 6.07) is 19.7. The van der Waals surface area contributed by atoms with Gasteiger partial charge in [0.15, 0.2) is 5.16 Å². The van der Waals surface area contributed by atoms with Gasteiger partial charge in [0.25, 0.3) is 5.56 Å². The number of carbonyl (C=O) groups is 1. The van der Waals surface area contributed by atoms with Gasteiger partial charge in [0.1, 0.15) is 11.5 Å². The number of alkyl halides is 2. The zero-order valence-electron chi connectivity index (χ0n) is 19.3. The number of hydrogen-bond donors (Lipinski definition) is 1. The molecule has 5 rings (SSSR count). The smallest absolute Gasteiger partial charge is 0.387 e. The third kappa shape index (κ3) is 4.96. The molecule has 0 saturated carbocycles. The molecule has 3 aromatic carbocycles. The number of methoxy groups -OCH3 is 1. The van der Waals surface area contributed by atoms with Crippen LogP contribution in [0.1, 0.15) is 0 Å². The first-order chi connectivity index (χ1) is 17.9. The summed E-state index contributed by atoms with van der Waals surface area (Å²) in [5.74, 6) is 0.593. The van der Waals surface area contributed by atoms with E-state index in [9.17, 15) is 18.4 Å². The second kappa shape index (κ2) is 10.3. The number of hydrogen-bond acceptors (Lipinski definition) is 7. The van der Waals surface area contributed by atoms with E-state index in [1.807, 2.05) is 6.07 Å². The van der Waals surface area contributed by atoms with Crippen LogP contribution in [0, 0.1) is 0 Å². The van der Waals surface area contributed by atoms with E-state index in [2.05, 4.69) is 20.3 Å². The lowest BCUT2D eigenvalue weighted by Gasteiger charge is -2.12. The van der Waals surface area contributed by atoms with Crippen LogP contribution in [0.3, 0.4) is 0 Å². The van der Waals surface area contributed by atoms with Crippen molar-refractivity contribution in [3.8, 4) is 17.2 Å². The van der Waals surface area contributed by atoms with Gasteiger partial charge in [-0.25, -0.2) is 4.57 Å². The third-order valence-corrected chi connectivity index (χ3v) is 6.35. The van der Waals surface area contributed by atoms with Crippen LogP contribution in [0.2, 0.25) is 0 Å². The van der Waals surface area contributed by atoms with E-state index in [0.717, 1.165) is 11.8 Å². The molecule has 9 nitrogen and oxygen atoms in total. The van der Waals surface area contributed by atoms with E-state index in [1.165, 1.54) is 28.8 Å². The van der Waals surface area contributed by atoms with Crippen LogP contribution in [0.15, 0.2) is 82.7 Å². The first-order valence-electron chi connectivity index (χ1n) is 11.0. The van der Waals surface area contributed by atoms with Gasteiger partial charge in [-0.2, -0.15) is 8.78 Å². The fourth-order valence-corrected chi connectivity index (χ4v) is 4.52. The van der Waals surface area contributed by atoms with Crippen LogP contribution in [0.5, 0.6) is 11.5 Å². The number of halogens is 2. The lowest BCUT2D eigenvalue weighted by atomic mass is 10.2. The molecule has 188 valence electrons. The zero-order chi connectivity index (χ0) is 25.9. The number of carbonyl (C=O) groups excluding carboxylic acids is 1. The van der Waals surface area contributed by atoms with Crippen LogP contribution >= 0.6 is 11.8 Å². The summed E-state index contributed by atoms with van der Waals surface area (Å²) in [6.45, 7) is -2.92. The normalized spacial score (nSPS) is 11.2. The van der Waals surface area contributed by atoms with Gasteiger partial charge in [0, 0.05) is 5.69 Å². The van der Waals surface area contributed by atoms with Crippen molar-refractivity contribution in [1.82, 2.24) is 19.2 Å². The van der Waals surface area contributed by atoms with Crippen molar-refractivity contribution in [2.45, 2.75) is 11.8 Å². The highest BCUT2D eigenvalue weighted by Crippen LogP contribution is 2.24. The van der Waals surface area contributed by atoms with Gasteiger partial charge in [-0.1, -0.05) is 23.9 Å². The average molecular weight is 524 g/mol. The highest BCUT2D eigenvalue weighted by atomic mass is 32.2. The number of ether oxygens (including phenoxy) is 2. The Hall–Kier alpha value is -4.45. The molecule has 2 aromatic heterocycles. The average Bonchev–Trinajstić information content (AvgIpc) is 3.32. The fourth-order valence-electron chi connectivity index (χ4n) is 3.78. The lowest BCUT2D eigenvalue weighted by molar-refractivity contribution is -0.113. The SMILES string of the molecule is COc1ccc(-n2c(=O)c3ccccc3n3c(SCC(=O)Nc4ccc(OC(F)F)cc4)nnc23)cc1. The molecule has 0 saturated heterocycles. The van der Waals surface area contributed by atoms with Crippen molar-refractivity contribution >= 4 is 40.0 Å². The maximum atomic E-state index is 13.4. The Balaban J connectivity index is 1.44. The van der Waals surface area contributed by atoms with Crippen LogP contribution < -0.4 is 20.3 Å². The van der Waals surface area contributed by atoms with Crippen molar-refractivity contribution < 1.29 is 23.0 Å². The first-order valence-corrected chi connectivity index (χ1v) is 11.9. The summed E-state index contributed by atoms with van der Waals surface area (Å²) in [5, 5.41) is 12.1. The maximum absolute atomic E-state index is 13.4. The number of amides is 1. The molecule has 2 heterocycles. The highest BCUT2D eigenvalue weighted by molar-refractivity contribution is 7.99. The second-order valence-corrected chi connectivity index (χ2v) is 8.66. The summed E-state index contributed by atoms with van der Waals surface area (Å²) < 4.78 is 37.4. The van der Waals surface area contributed by atoms with E-state index in [4.69, 9.17) is 4.74 Å². The van der Waals surface area contributed by atoms with Crippen LogP contribution in [-0.4, -0.2) is 44.5 Å². The topological polar surface area (TPSA) is 99.8 Å². The van der Waals surface area contributed by atoms with E-state index < -0.39 is 6.61 Å². The Morgan fingerprint density at radius 3 is 2.41 bits per heavy atom. The number of fused-ring (bicyclic) bond motifs is 3. The highest BCUT2D eigenvalue weighted by Gasteiger charge is 2.19. The van der Waals surface area contributed by atoms with Crippen molar-refractivity contribution in [1.29, 1.82) is 0 Å². The molecular weight excluding hydrogens is 504 g/mol. The minimum Gasteiger partial charge on any atom is -0.497 e. The van der Waals surface area contributed by atoms with E-state index in [1.54, 1.807) is 54.0 Å². The summed E-state index contributed by atoms with van der Waals surface area (Å²) in [4.78, 5) is 26.0. The number of nitrogens with one attached hydrogen (secondary N) is 1. The second-order valence-electron chi connectivity index (χ2n) is 7.71. The first kappa shape index (κ1) is 24.3. The molecule has 0 aliphatic rings. The van der Waals surface area contributed by atoms with Gasteiger partial charge in [-0.15, -0.1) is 10.2 Å². The number of aromatic nitrogens is 4. The molecule has 37 heavy (non-hydrogen) atoms. The summed E-state index contributed by atoms with van der Waals surface area (Å²) in [6.07, 6.45) is 0. The fraction of sp³-hybridized carbons (Fsp3) is 0.120. The predicted octanol–water partition coefficient (Wildman–Crippen LogP) is 4.37. The van der Waals surface area contributed by atoms with Crippen molar-refractivity contribution in [3.05, 3.63) is 83.2 Å². The van der Waals surface area contributed by atoms with Crippen LogP contribution in [-0.2, 0) is 4.79 Å². The zero-order valence-corrected chi connectivity index (χ0v) is 20.1. The van der Waals surface area contributed by atoms with Gasteiger partial charge in [0.05, 0.1) is 29.5 Å². The minimum atomic E-state index is -2.92. The molecule has 12 heteroatoms. The van der Waals surface area contributed by atoms with E-state index in [-0.39, 0.29) is 23.0 Å². The van der Waals surface area contributed by atoms with E-state index in [0.29, 0.717) is 39.0 Å². The molecule has 0 spiro atoms. The van der Waals surface area contributed by atoms with Gasteiger partial charge in [0.2, 0.25) is 11.7 Å². The van der Waals surface area contributed by atoms with Gasteiger partial charge in [-0.05, 0) is 60.7 Å².